The van der Waals surface area contributed by atoms with E-state index in [1.807, 2.05) is 13.8 Å². The standard InChI is InChI=1S/C16H24O4S/c1-4-9-16(3)10-14(17)15(20-16)11-21(18,19)13-7-5-12(2)6-8-13/h5-8,14-15,17H,4,9-11H2,1-3H3/t14-,15-,16+/m0/s1. The van der Waals surface area contributed by atoms with Gasteiger partial charge in [-0.05, 0) is 32.4 Å². The molecule has 0 aromatic heterocycles. The SMILES string of the molecule is CCC[C@]1(C)C[C@H](O)[C@H](CS(=O)(=O)c2ccc(C)cc2)O1. The zero-order valence-electron chi connectivity index (χ0n) is 12.9. The molecule has 1 aromatic rings. The molecule has 1 saturated heterocycles. The highest BCUT2D eigenvalue weighted by atomic mass is 32.2. The third-order valence-electron chi connectivity index (χ3n) is 4.05. The summed E-state index contributed by atoms with van der Waals surface area (Å²) in [7, 11) is -3.44. The van der Waals surface area contributed by atoms with E-state index in [0.717, 1.165) is 18.4 Å². The maximum absolute atomic E-state index is 12.4. The second-order valence-electron chi connectivity index (χ2n) is 6.22. The number of hydrogen-bond acceptors (Lipinski definition) is 4. The first-order chi connectivity index (χ1) is 9.76. The monoisotopic (exact) mass is 312 g/mol. The highest BCUT2D eigenvalue weighted by molar-refractivity contribution is 7.91. The Hall–Kier alpha value is -0.910. The molecule has 1 N–H and O–H groups in total. The third kappa shape index (κ3) is 3.84. The lowest BCUT2D eigenvalue weighted by Gasteiger charge is -2.23. The summed E-state index contributed by atoms with van der Waals surface area (Å²) >= 11 is 0. The molecular weight excluding hydrogens is 288 g/mol. The third-order valence-corrected chi connectivity index (χ3v) is 5.81. The van der Waals surface area contributed by atoms with Gasteiger partial charge in [-0.1, -0.05) is 31.0 Å². The number of benzene rings is 1. The van der Waals surface area contributed by atoms with E-state index in [2.05, 4.69) is 6.92 Å². The minimum Gasteiger partial charge on any atom is -0.390 e. The van der Waals surface area contributed by atoms with E-state index in [1.165, 1.54) is 0 Å². The van der Waals surface area contributed by atoms with Crippen LogP contribution in [0.5, 0.6) is 0 Å². The summed E-state index contributed by atoms with van der Waals surface area (Å²) in [6.45, 7) is 5.91. The second-order valence-corrected chi connectivity index (χ2v) is 8.26. The predicted octanol–water partition coefficient (Wildman–Crippen LogP) is 2.48. The molecule has 0 spiro atoms. The minimum atomic E-state index is -3.44. The highest BCUT2D eigenvalue weighted by Crippen LogP contribution is 2.35. The Balaban J connectivity index is 2.12. The van der Waals surface area contributed by atoms with Gasteiger partial charge in [-0.25, -0.2) is 8.42 Å². The van der Waals surface area contributed by atoms with Gasteiger partial charge >= 0.3 is 0 Å². The summed E-state index contributed by atoms with van der Waals surface area (Å²) in [6.07, 6.45) is 0.899. The van der Waals surface area contributed by atoms with E-state index in [1.54, 1.807) is 24.3 Å². The van der Waals surface area contributed by atoms with E-state index in [9.17, 15) is 13.5 Å². The van der Waals surface area contributed by atoms with Gasteiger partial charge in [-0.15, -0.1) is 0 Å². The van der Waals surface area contributed by atoms with E-state index >= 15 is 0 Å². The van der Waals surface area contributed by atoms with Gasteiger partial charge < -0.3 is 9.84 Å². The average Bonchev–Trinajstić information content (AvgIpc) is 2.64. The van der Waals surface area contributed by atoms with Gasteiger partial charge in [0, 0.05) is 6.42 Å². The van der Waals surface area contributed by atoms with E-state index in [-0.39, 0.29) is 10.6 Å². The number of aliphatic hydroxyl groups is 1. The predicted molar refractivity (Wildman–Crippen MR) is 82.0 cm³/mol. The van der Waals surface area contributed by atoms with Gasteiger partial charge in [-0.3, -0.25) is 0 Å². The first kappa shape index (κ1) is 16.5. The van der Waals surface area contributed by atoms with Gasteiger partial charge in [0.25, 0.3) is 0 Å². The average molecular weight is 312 g/mol. The van der Waals surface area contributed by atoms with Gasteiger partial charge in [0.2, 0.25) is 0 Å². The Morgan fingerprint density at radius 3 is 2.52 bits per heavy atom. The molecule has 4 nitrogen and oxygen atoms in total. The van der Waals surface area contributed by atoms with Crippen molar-refractivity contribution in [1.82, 2.24) is 0 Å². The van der Waals surface area contributed by atoms with Crippen molar-refractivity contribution in [2.75, 3.05) is 5.75 Å². The van der Waals surface area contributed by atoms with Gasteiger partial charge in [-0.2, -0.15) is 0 Å². The van der Waals surface area contributed by atoms with Crippen LogP contribution in [0.1, 0.15) is 38.7 Å². The minimum absolute atomic E-state index is 0.170. The van der Waals surface area contributed by atoms with Crippen molar-refractivity contribution < 1.29 is 18.3 Å². The van der Waals surface area contributed by atoms with Crippen LogP contribution in [-0.4, -0.2) is 37.1 Å². The second kappa shape index (κ2) is 6.07. The van der Waals surface area contributed by atoms with Crippen LogP contribution in [0.15, 0.2) is 29.2 Å². The number of aryl methyl sites for hydroxylation is 1. The van der Waals surface area contributed by atoms with Crippen LogP contribution < -0.4 is 0 Å². The van der Waals surface area contributed by atoms with Crippen molar-refractivity contribution in [2.24, 2.45) is 0 Å². The lowest BCUT2D eigenvalue weighted by atomic mass is 9.95. The van der Waals surface area contributed by atoms with Crippen LogP contribution in [0, 0.1) is 6.92 Å². The Kier molecular flexibility index (Phi) is 4.76. The highest BCUT2D eigenvalue weighted by Gasteiger charge is 2.43. The Labute approximate surface area is 127 Å². The van der Waals surface area contributed by atoms with Crippen LogP contribution in [0.25, 0.3) is 0 Å². The quantitative estimate of drug-likeness (QED) is 0.907. The molecule has 2 rings (SSSR count). The van der Waals surface area contributed by atoms with Gasteiger partial charge in [0.1, 0.15) is 0 Å². The van der Waals surface area contributed by atoms with Crippen molar-refractivity contribution >= 4 is 9.84 Å². The van der Waals surface area contributed by atoms with Gasteiger partial charge in [0.15, 0.2) is 9.84 Å². The van der Waals surface area contributed by atoms with E-state index in [0.29, 0.717) is 6.42 Å². The van der Waals surface area contributed by atoms with Crippen molar-refractivity contribution in [3.05, 3.63) is 29.8 Å². The van der Waals surface area contributed by atoms with Crippen molar-refractivity contribution in [3.8, 4) is 0 Å². The van der Waals surface area contributed by atoms with Crippen molar-refractivity contribution in [3.63, 3.8) is 0 Å². The number of ether oxygens (including phenoxy) is 1. The van der Waals surface area contributed by atoms with Crippen molar-refractivity contribution in [2.45, 2.75) is 62.7 Å². The molecule has 1 heterocycles. The fraction of sp³-hybridized carbons (Fsp3) is 0.625. The Bertz CT molecular complexity index is 579. The first-order valence-electron chi connectivity index (χ1n) is 7.41. The number of rotatable bonds is 5. The normalized spacial score (nSPS) is 29.7. The molecular formula is C16H24O4S. The van der Waals surface area contributed by atoms with Crippen molar-refractivity contribution in [1.29, 1.82) is 0 Å². The van der Waals surface area contributed by atoms with Crippen LogP contribution in [0.3, 0.4) is 0 Å². The maximum Gasteiger partial charge on any atom is 0.181 e. The molecule has 21 heavy (non-hydrogen) atoms. The first-order valence-corrected chi connectivity index (χ1v) is 9.06. The molecule has 5 heteroatoms. The fourth-order valence-electron chi connectivity index (χ4n) is 2.96. The van der Waals surface area contributed by atoms with Crippen LogP contribution in [-0.2, 0) is 14.6 Å². The molecule has 1 aliphatic heterocycles. The number of hydrogen-bond donors (Lipinski definition) is 1. The zero-order valence-corrected chi connectivity index (χ0v) is 13.7. The smallest absolute Gasteiger partial charge is 0.181 e. The maximum atomic E-state index is 12.4. The van der Waals surface area contributed by atoms with E-state index < -0.39 is 27.6 Å². The molecule has 0 aliphatic carbocycles. The Morgan fingerprint density at radius 2 is 1.95 bits per heavy atom. The molecule has 0 amide bonds. The molecule has 1 aliphatic rings. The van der Waals surface area contributed by atoms with E-state index in [4.69, 9.17) is 4.74 Å². The van der Waals surface area contributed by atoms with Gasteiger partial charge in [0.05, 0.1) is 28.5 Å². The molecule has 1 aromatic carbocycles. The molecule has 0 saturated carbocycles. The summed E-state index contributed by atoms with van der Waals surface area (Å²) in [4.78, 5) is 0.285. The number of aliphatic hydroxyl groups excluding tert-OH is 1. The zero-order chi connectivity index (χ0) is 15.7. The molecule has 118 valence electrons. The largest absolute Gasteiger partial charge is 0.390 e. The molecule has 0 unspecified atom stereocenters. The molecule has 0 bridgehead atoms. The molecule has 0 radical (unpaired) electrons. The summed E-state index contributed by atoms with van der Waals surface area (Å²) in [6, 6.07) is 6.77. The number of sulfone groups is 1. The van der Waals surface area contributed by atoms with Crippen LogP contribution >= 0.6 is 0 Å². The lowest BCUT2D eigenvalue weighted by Crippen LogP contribution is -2.31. The Morgan fingerprint density at radius 1 is 1.33 bits per heavy atom. The summed E-state index contributed by atoms with van der Waals surface area (Å²) in [5, 5.41) is 10.1. The molecule has 1 fully saturated rings. The fourth-order valence-corrected chi connectivity index (χ4v) is 4.42. The lowest BCUT2D eigenvalue weighted by molar-refractivity contribution is -0.0359. The summed E-state index contributed by atoms with van der Waals surface area (Å²) in [5.74, 6) is -0.170. The summed E-state index contributed by atoms with van der Waals surface area (Å²) < 4.78 is 30.7. The topological polar surface area (TPSA) is 63.6 Å². The van der Waals surface area contributed by atoms with Crippen LogP contribution in [0.2, 0.25) is 0 Å². The van der Waals surface area contributed by atoms with Crippen LogP contribution in [0.4, 0.5) is 0 Å². The molecule has 3 atom stereocenters. The summed E-state index contributed by atoms with van der Waals surface area (Å²) in [5.41, 5.74) is 0.600.